The summed E-state index contributed by atoms with van der Waals surface area (Å²) in [7, 11) is 1.68. The molecule has 0 amide bonds. The molecular formula is C29H43N3O3. The quantitative estimate of drug-likeness (QED) is 0.540. The normalized spacial score (nSPS) is 44.0. The van der Waals surface area contributed by atoms with E-state index in [2.05, 4.69) is 24.8 Å². The van der Waals surface area contributed by atoms with Gasteiger partial charge >= 0.3 is 0 Å². The molecule has 0 unspecified atom stereocenters. The van der Waals surface area contributed by atoms with Gasteiger partial charge in [0.2, 0.25) is 0 Å². The van der Waals surface area contributed by atoms with E-state index in [1.54, 1.807) is 7.11 Å². The molecule has 4 aliphatic carbocycles. The van der Waals surface area contributed by atoms with Gasteiger partial charge in [0, 0.05) is 5.92 Å². The van der Waals surface area contributed by atoms with Crippen molar-refractivity contribution < 1.29 is 14.6 Å². The number of ether oxygens (including phenoxy) is 1. The van der Waals surface area contributed by atoms with Crippen LogP contribution in [0.5, 0.6) is 5.75 Å². The van der Waals surface area contributed by atoms with E-state index in [1.807, 2.05) is 30.1 Å². The number of hydrazine groups is 2. The van der Waals surface area contributed by atoms with Gasteiger partial charge in [-0.1, -0.05) is 19.9 Å². The Morgan fingerprint density at radius 3 is 2.66 bits per heavy atom. The summed E-state index contributed by atoms with van der Waals surface area (Å²) in [5, 5.41) is 12.7. The van der Waals surface area contributed by atoms with Crippen LogP contribution in [0.3, 0.4) is 0 Å². The second-order valence-corrected chi connectivity index (χ2v) is 13.2. The first-order chi connectivity index (χ1) is 16.7. The molecule has 1 aliphatic heterocycles. The van der Waals surface area contributed by atoms with Gasteiger partial charge in [-0.3, -0.25) is 9.80 Å². The SMILES string of the molecule is COc1cccc2c1N(CC(=O)[C@H]1CC[C@H]3[C@@H]4CC[C@H]5C[C@](C)(O)CC[C@]5(C)[C@H]4CC[C@]13C)NN2. The first-order valence-corrected chi connectivity index (χ1v) is 13.9. The lowest BCUT2D eigenvalue weighted by molar-refractivity contribution is -0.150. The van der Waals surface area contributed by atoms with Gasteiger partial charge in [-0.2, -0.15) is 0 Å². The maximum Gasteiger partial charge on any atom is 0.157 e. The van der Waals surface area contributed by atoms with Crippen LogP contribution in [0.4, 0.5) is 11.4 Å². The fraction of sp³-hybridized carbons (Fsp3) is 0.759. The Morgan fingerprint density at radius 2 is 1.86 bits per heavy atom. The Balaban J connectivity index is 1.19. The van der Waals surface area contributed by atoms with Gasteiger partial charge < -0.3 is 15.3 Å². The molecule has 8 atom stereocenters. The van der Waals surface area contributed by atoms with E-state index in [0.717, 1.165) is 54.6 Å². The zero-order valence-electron chi connectivity index (χ0n) is 21.9. The summed E-state index contributed by atoms with van der Waals surface area (Å²) < 4.78 is 5.58. The van der Waals surface area contributed by atoms with E-state index in [-0.39, 0.29) is 11.3 Å². The van der Waals surface area contributed by atoms with Crippen molar-refractivity contribution in [2.75, 3.05) is 24.1 Å². The molecule has 1 aromatic rings. The van der Waals surface area contributed by atoms with Crippen molar-refractivity contribution >= 4 is 17.2 Å². The zero-order chi connectivity index (χ0) is 24.6. The van der Waals surface area contributed by atoms with Crippen LogP contribution in [0.25, 0.3) is 0 Å². The van der Waals surface area contributed by atoms with E-state index in [4.69, 9.17) is 4.74 Å². The predicted octanol–water partition coefficient (Wildman–Crippen LogP) is 5.33. The van der Waals surface area contributed by atoms with Crippen molar-refractivity contribution in [1.82, 2.24) is 5.53 Å². The fourth-order valence-electron chi connectivity index (χ4n) is 9.59. The first-order valence-electron chi connectivity index (χ1n) is 13.9. The van der Waals surface area contributed by atoms with Gasteiger partial charge in [-0.25, -0.2) is 0 Å². The van der Waals surface area contributed by atoms with Crippen molar-refractivity contribution in [3.63, 3.8) is 0 Å². The lowest BCUT2D eigenvalue weighted by Crippen LogP contribution is -2.56. The summed E-state index contributed by atoms with van der Waals surface area (Å²) in [6.45, 7) is 7.38. The van der Waals surface area contributed by atoms with E-state index >= 15 is 0 Å². The second-order valence-electron chi connectivity index (χ2n) is 13.2. The highest BCUT2D eigenvalue weighted by Crippen LogP contribution is 2.68. The summed E-state index contributed by atoms with van der Waals surface area (Å²) in [5.41, 5.74) is 8.23. The average molecular weight is 482 g/mol. The van der Waals surface area contributed by atoms with Gasteiger partial charge in [0.05, 0.1) is 24.9 Å². The Hall–Kier alpha value is -1.79. The number of methoxy groups -OCH3 is 1. The lowest BCUT2D eigenvalue weighted by Gasteiger charge is -2.61. The van der Waals surface area contributed by atoms with E-state index in [0.29, 0.717) is 29.6 Å². The number of nitrogens with one attached hydrogen (secondary N) is 2. The number of Topliss-reactive ketones (excluding diaryl/α,β-unsaturated/α-hetero) is 1. The Kier molecular flexibility index (Phi) is 5.47. The number of carbonyl (C=O) groups excluding carboxylic acids is 1. The second kappa shape index (κ2) is 8.11. The standard InChI is InChI=1S/C29H43N3O3/c1-27(34)14-15-28(2)18(16-27)8-9-19-20-10-11-22(29(20,3)13-12-21(19)28)24(33)17-32-26-23(30-31-32)6-5-7-25(26)35-4/h5-7,18-22,30-31,34H,8-17H2,1-4H3/t18-,19-,20-,21-,22+,27+,28-,29-/m0/s1. The molecule has 0 aromatic heterocycles. The summed E-state index contributed by atoms with van der Waals surface area (Å²) >= 11 is 0. The number of hydrogen-bond donors (Lipinski definition) is 3. The summed E-state index contributed by atoms with van der Waals surface area (Å²) in [5.74, 6) is 4.07. The fourth-order valence-corrected chi connectivity index (χ4v) is 9.59. The van der Waals surface area contributed by atoms with Crippen LogP contribution in [0.2, 0.25) is 0 Å². The number of hydrogen-bond acceptors (Lipinski definition) is 6. The van der Waals surface area contributed by atoms with Crippen LogP contribution in [0, 0.1) is 40.4 Å². The van der Waals surface area contributed by atoms with Crippen LogP contribution < -0.4 is 20.7 Å². The number of fused-ring (bicyclic) bond motifs is 6. The molecule has 0 saturated heterocycles. The molecule has 1 aromatic carbocycles. The number of rotatable bonds is 4. The third-order valence-corrected chi connectivity index (χ3v) is 11.5. The number of carbonyl (C=O) groups is 1. The van der Waals surface area contributed by atoms with Crippen molar-refractivity contribution in [2.24, 2.45) is 40.4 Å². The topological polar surface area (TPSA) is 73.8 Å². The van der Waals surface area contributed by atoms with Crippen LogP contribution in [0.1, 0.15) is 78.6 Å². The van der Waals surface area contributed by atoms with Gasteiger partial charge in [0.25, 0.3) is 0 Å². The highest BCUT2D eigenvalue weighted by molar-refractivity contribution is 5.90. The van der Waals surface area contributed by atoms with Crippen LogP contribution in [-0.2, 0) is 4.79 Å². The zero-order valence-corrected chi connectivity index (χ0v) is 21.9. The highest BCUT2D eigenvalue weighted by Gasteiger charge is 2.61. The minimum absolute atomic E-state index is 0.109. The molecule has 6 nitrogen and oxygen atoms in total. The number of anilines is 2. The van der Waals surface area contributed by atoms with Gasteiger partial charge in [-0.15, -0.1) is 5.53 Å². The molecular weight excluding hydrogens is 438 g/mol. The van der Waals surface area contributed by atoms with E-state index < -0.39 is 5.60 Å². The number of benzene rings is 1. The number of ketones is 1. The molecule has 6 heteroatoms. The minimum atomic E-state index is -0.481. The molecule has 35 heavy (non-hydrogen) atoms. The molecule has 3 N–H and O–H groups in total. The smallest absolute Gasteiger partial charge is 0.157 e. The summed E-state index contributed by atoms with van der Waals surface area (Å²) in [6.07, 6.45) is 10.2. The maximum absolute atomic E-state index is 13.8. The molecule has 1 heterocycles. The van der Waals surface area contributed by atoms with Crippen molar-refractivity contribution in [3.05, 3.63) is 18.2 Å². The highest BCUT2D eigenvalue weighted by atomic mass is 16.5. The van der Waals surface area contributed by atoms with Crippen molar-refractivity contribution in [2.45, 2.75) is 84.2 Å². The first kappa shape index (κ1) is 23.6. The van der Waals surface area contributed by atoms with Crippen molar-refractivity contribution in [3.8, 4) is 5.75 Å². The predicted molar refractivity (Wildman–Crippen MR) is 138 cm³/mol. The number of nitrogens with zero attached hydrogens (tertiary/aromatic N) is 1. The average Bonchev–Trinajstić information content (AvgIpc) is 3.40. The minimum Gasteiger partial charge on any atom is -0.494 e. The molecule has 0 radical (unpaired) electrons. The van der Waals surface area contributed by atoms with E-state index in [1.165, 1.54) is 32.1 Å². The van der Waals surface area contributed by atoms with Gasteiger partial charge in [0.1, 0.15) is 11.4 Å². The Bertz CT molecular complexity index is 1010. The molecule has 192 valence electrons. The van der Waals surface area contributed by atoms with Crippen molar-refractivity contribution in [1.29, 1.82) is 0 Å². The van der Waals surface area contributed by atoms with Crippen LogP contribution in [-0.4, -0.2) is 30.1 Å². The molecule has 5 aliphatic rings. The largest absolute Gasteiger partial charge is 0.494 e. The van der Waals surface area contributed by atoms with Crippen LogP contribution in [0.15, 0.2) is 18.2 Å². The summed E-state index contributed by atoms with van der Waals surface area (Å²) in [6, 6.07) is 5.91. The van der Waals surface area contributed by atoms with E-state index in [9.17, 15) is 9.90 Å². The number of para-hydroxylation sites is 1. The van der Waals surface area contributed by atoms with Gasteiger partial charge in [0.15, 0.2) is 5.78 Å². The molecule has 0 bridgehead atoms. The molecule has 4 fully saturated rings. The number of aliphatic hydroxyl groups is 1. The molecule has 0 spiro atoms. The Labute approximate surface area is 210 Å². The van der Waals surface area contributed by atoms with Crippen LogP contribution >= 0.6 is 0 Å². The summed E-state index contributed by atoms with van der Waals surface area (Å²) in [4.78, 5) is 13.8. The maximum atomic E-state index is 13.8. The Morgan fingerprint density at radius 1 is 1.06 bits per heavy atom. The van der Waals surface area contributed by atoms with Gasteiger partial charge in [-0.05, 0) is 111 Å². The monoisotopic (exact) mass is 481 g/mol. The third kappa shape index (κ3) is 3.53. The lowest BCUT2D eigenvalue weighted by atomic mass is 9.44. The molecule has 4 saturated carbocycles. The third-order valence-electron chi connectivity index (χ3n) is 11.5. The molecule has 6 rings (SSSR count).